The monoisotopic (exact) mass is 369 g/mol. The second-order valence-electron chi connectivity index (χ2n) is 7.34. The summed E-state index contributed by atoms with van der Waals surface area (Å²) in [5.41, 5.74) is 3.36. The van der Waals surface area contributed by atoms with Crippen LogP contribution >= 0.6 is 0 Å². The summed E-state index contributed by atoms with van der Waals surface area (Å²) in [4.78, 5) is 25.9. The highest BCUT2D eigenvalue weighted by Crippen LogP contribution is 2.20. The Morgan fingerprint density at radius 1 is 1.11 bits per heavy atom. The fourth-order valence-corrected chi connectivity index (χ4v) is 3.43. The first-order valence-electron chi connectivity index (χ1n) is 9.53. The van der Waals surface area contributed by atoms with Gasteiger partial charge in [-0.2, -0.15) is 0 Å². The van der Waals surface area contributed by atoms with E-state index >= 15 is 0 Å². The second-order valence-corrected chi connectivity index (χ2v) is 7.34. The number of hydrogen-bond donors (Lipinski definition) is 0. The molecule has 0 radical (unpaired) electrons. The van der Waals surface area contributed by atoms with Crippen LogP contribution in [0, 0.1) is 20.8 Å². The van der Waals surface area contributed by atoms with Crippen molar-refractivity contribution in [1.29, 1.82) is 0 Å². The van der Waals surface area contributed by atoms with E-state index in [9.17, 15) is 9.59 Å². The summed E-state index contributed by atoms with van der Waals surface area (Å²) in [6.07, 6.45) is 2.88. The first-order valence-corrected chi connectivity index (χ1v) is 9.53. The maximum absolute atomic E-state index is 12.5. The molecule has 0 spiro atoms. The minimum Gasteiger partial charge on any atom is -0.490 e. The number of benzene rings is 1. The van der Waals surface area contributed by atoms with E-state index in [1.54, 1.807) is 13.0 Å². The fourth-order valence-electron chi connectivity index (χ4n) is 3.43. The molecule has 27 heavy (non-hydrogen) atoms. The SMILES string of the molecule is Cc1cc(OC2CCN(C(=O)CCc3ccc(C)c(C)c3)CC2)cc(=O)o1. The smallest absolute Gasteiger partial charge is 0.339 e. The Morgan fingerprint density at radius 3 is 2.52 bits per heavy atom. The average molecular weight is 369 g/mol. The summed E-state index contributed by atoms with van der Waals surface area (Å²) in [5.74, 6) is 1.28. The van der Waals surface area contributed by atoms with Gasteiger partial charge in [-0.15, -0.1) is 0 Å². The van der Waals surface area contributed by atoms with E-state index in [4.69, 9.17) is 9.15 Å². The minimum absolute atomic E-state index is 0.0231. The van der Waals surface area contributed by atoms with Crippen molar-refractivity contribution in [3.8, 4) is 5.75 Å². The molecule has 5 nitrogen and oxygen atoms in total. The summed E-state index contributed by atoms with van der Waals surface area (Å²) in [6, 6.07) is 9.48. The molecule has 2 aromatic rings. The van der Waals surface area contributed by atoms with Crippen molar-refractivity contribution in [3.63, 3.8) is 0 Å². The van der Waals surface area contributed by atoms with Crippen molar-refractivity contribution < 1.29 is 13.9 Å². The van der Waals surface area contributed by atoms with Gasteiger partial charge in [-0.3, -0.25) is 4.79 Å². The largest absolute Gasteiger partial charge is 0.490 e. The Morgan fingerprint density at radius 2 is 1.85 bits per heavy atom. The molecule has 1 aromatic carbocycles. The van der Waals surface area contributed by atoms with Crippen LogP contribution in [-0.4, -0.2) is 30.0 Å². The molecule has 5 heteroatoms. The molecular weight excluding hydrogens is 342 g/mol. The number of carbonyl (C=O) groups is 1. The third kappa shape index (κ3) is 5.22. The molecule has 0 aliphatic carbocycles. The molecule has 1 saturated heterocycles. The van der Waals surface area contributed by atoms with Gasteiger partial charge in [0.15, 0.2) is 0 Å². The van der Waals surface area contributed by atoms with E-state index in [1.807, 2.05) is 4.90 Å². The van der Waals surface area contributed by atoms with Crippen LogP contribution in [0.15, 0.2) is 39.5 Å². The highest BCUT2D eigenvalue weighted by molar-refractivity contribution is 5.76. The van der Waals surface area contributed by atoms with Crippen LogP contribution < -0.4 is 10.4 Å². The molecule has 0 bridgehead atoms. The van der Waals surface area contributed by atoms with Gasteiger partial charge in [-0.1, -0.05) is 18.2 Å². The summed E-state index contributed by atoms with van der Waals surface area (Å²) in [7, 11) is 0. The van der Waals surface area contributed by atoms with Crippen LogP contribution in [-0.2, 0) is 11.2 Å². The zero-order valence-electron chi connectivity index (χ0n) is 16.3. The van der Waals surface area contributed by atoms with Crippen LogP contribution in [0.4, 0.5) is 0 Å². The zero-order chi connectivity index (χ0) is 19.4. The highest BCUT2D eigenvalue weighted by Gasteiger charge is 2.24. The number of carbonyl (C=O) groups excluding carboxylic acids is 1. The van der Waals surface area contributed by atoms with Crippen LogP contribution in [0.2, 0.25) is 0 Å². The molecule has 3 rings (SSSR count). The van der Waals surface area contributed by atoms with Gasteiger partial charge in [0.25, 0.3) is 0 Å². The molecule has 1 amide bonds. The van der Waals surface area contributed by atoms with Gasteiger partial charge in [0.2, 0.25) is 5.91 Å². The number of ether oxygens (including phenoxy) is 1. The van der Waals surface area contributed by atoms with Gasteiger partial charge in [-0.05, 0) is 43.9 Å². The third-order valence-electron chi connectivity index (χ3n) is 5.16. The predicted octanol–water partition coefficient (Wildman–Crippen LogP) is 3.57. The van der Waals surface area contributed by atoms with Crippen LogP contribution in [0.3, 0.4) is 0 Å². The van der Waals surface area contributed by atoms with Crippen molar-refractivity contribution in [2.24, 2.45) is 0 Å². The second kappa shape index (κ2) is 8.42. The number of aryl methyl sites for hydroxylation is 4. The van der Waals surface area contributed by atoms with Crippen LogP contribution in [0.1, 0.15) is 41.7 Å². The third-order valence-corrected chi connectivity index (χ3v) is 5.16. The van der Waals surface area contributed by atoms with E-state index in [0.717, 1.165) is 19.3 Å². The van der Waals surface area contributed by atoms with Gasteiger partial charge in [0.05, 0.1) is 6.07 Å². The molecule has 1 aliphatic heterocycles. The first-order chi connectivity index (χ1) is 12.9. The van der Waals surface area contributed by atoms with Gasteiger partial charge >= 0.3 is 5.63 Å². The standard InChI is InChI=1S/C22H27NO4/c1-15-4-5-18(12-16(15)2)6-7-21(24)23-10-8-19(9-11-23)27-20-13-17(3)26-22(25)14-20/h4-5,12-14,19H,6-11H2,1-3H3. The topological polar surface area (TPSA) is 59.8 Å². The number of piperidine rings is 1. The van der Waals surface area contributed by atoms with E-state index in [0.29, 0.717) is 31.0 Å². The molecule has 144 valence electrons. The van der Waals surface area contributed by atoms with Crippen molar-refractivity contribution in [1.82, 2.24) is 4.90 Å². The van der Waals surface area contributed by atoms with Gasteiger partial charge in [0, 0.05) is 38.4 Å². The molecular formula is C22H27NO4. The lowest BCUT2D eigenvalue weighted by Gasteiger charge is -2.32. The molecule has 1 aromatic heterocycles. The Hall–Kier alpha value is -2.56. The molecule has 0 N–H and O–H groups in total. The number of likely N-dealkylation sites (tertiary alicyclic amines) is 1. The number of rotatable bonds is 5. The normalized spacial score (nSPS) is 15.0. The predicted molar refractivity (Wildman–Crippen MR) is 104 cm³/mol. The Bertz CT molecular complexity index is 863. The Labute approximate surface area is 159 Å². The van der Waals surface area contributed by atoms with Crippen molar-refractivity contribution in [2.45, 2.75) is 52.6 Å². The van der Waals surface area contributed by atoms with Crippen molar-refractivity contribution >= 4 is 5.91 Å². The van der Waals surface area contributed by atoms with E-state index in [-0.39, 0.29) is 12.0 Å². The van der Waals surface area contributed by atoms with E-state index in [2.05, 4.69) is 32.0 Å². The molecule has 2 heterocycles. The first kappa shape index (κ1) is 19.2. The zero-order valence-corrected chi connectivity index (χ0v) is 16.3. The summed E-state index contributed by atoms with van der Waals surface area (Å²) in [6.45, 7) is 7.31. The van der Waals surface area contributed by atoms with Gasteiger partial charge < -0.3 is 14.1 Å². The van der Waals surface area contributed by atoms with Gasteiger partial charge in [0.1, 0.15) is 17.6 Å². The number of amides is 1. The molecule has 1 fully saturated rings. The average Bonchev–Trinajstić information content (AvgIpc) is 2.62. The van der Waals surface area contributed by atoms with Crippen LogP contribution in [0.25, 0.3) is 0 Å². The maximum atomic E-state index is 12.5. The van der Waals surface area contributed by atoms with E-state index in [1.165, 1.54) is 22.8 Å². The van der Waals surface area contributed by atoms with Gasteiger partial charge in [-0.25, -0.2) is 4.79 Å². The highest BCUT2D eigenvalue weighted by atomic mass is 16.5. The van der Waals surface area contributed by atoms with E-state index < -0.39 is 5.63 Å². The summed E-state index contributed by atoms with van der Waals surface area (Å²) < 4.78 is 10.8. The lowest BCUT2D eigenvalue weighted by atomic mass is 10.0. The number of hydrogen-bond acceptors (Lipinski definition) is 4. The maximum Gasteiger partial charge on any atom is 0.339 e. The van der Waals surface area contributed by atoms with Crippen LogP contribution in [0.5, 0.6) is 5.75 Å². The molecule has 1 aliphatic rings. The molecule has 0 unspecified atom stereocenters. The lowest BCUT2D eigenvalue weighted by Crippen LogP contribution is -2.41. The number of nitrogens with zero attached hydrogens (tertiary/aromatic N) is 1. The molecule has 0 atom stereocenters. The quantitative estimate of drug-likeness (QED) is 0.808. The Balaban J connectivity index is 1.47. The lowest BCUT2D eigenvalue weighted by molar-refractivity contribution is -0.132. The summed E-state index contributed by atoms with van der Waals surface area (Å²) in [5, 5.41) is 0. The van der Waals surface area contributed by atoms with Crippen molar-refractivity contribution in [2.75, 3.05) is 13.1 Å². The minimum atomic E-state index is -0.399. The molecule has 0 saturated carbocycles. The summed E-state index contributed by atoms with van der Waals surface area (Å²) >= 11 is 0. The van der Waals surface area contributed by atoms with Crippen molar-refractivity contribution in [3.05, 3.63) is 63.2 Å². The Kier molecular flexibility index (Phi) is 5.99. The fraction of sp³-hybridized carbons (Fsp3) is 0.455.